The first kappa shape index (κ1) is 11.4. The molecule has 1 aliphatic carbocycles. The van der Waals surface area contributed by atoms with E-state index in [0.29, 0.717) is 11.1 Å². The summed E-state index contributed by atoms with van der Waals surface area (Å²) in [5, 5.41) is 20.1. The average Bonchev–Trinajstić information content (AvgIpc) is 2.59. The Kier molecular flexibility index (Phi) is 2.30. The van der Waals surface area contributed by atoms with E-state index >= 15 is 0 Å². The van der Waals surface area contributed by atoms with Gasteiger partial charge in [0.1, 0.15) is 18.0 Å². The van der Waals surface area contributed by atoms with Gasteiger partial charge < -0.3 is 14.9 Å². The first-order chi connectivity index (χ1) is 8.49. The first-order valence-corrected chi connectivity index (χ1v) is 5.60. The van der Waals surface area contributed by atoms with Crippen LogP contribution in [0.1, 0.15) is 12.0 Å². The minimum Gasteiger partial charge on any atom is -0.457 e. The molecule has 3 rings (SSSR count). The fourth-order valence-electron chi connectivity index (χ4n) is 2.40. The summed E-state index contributed by atoms with van der Waals surface area (Å²) in [5.41, 5.74) is -0.724. The van der Waals surface area contributed by atoms with Crippen molar-refractivity contribution in [1.29, 1.82) is 0 Å². The number of aliphatic hydroxyl groups is 2. The molecular weight excluding hydrogens is 239 g/mol. The molecule has 5 heteroatoms. The van der Waals surface area contributed by atoms with Crippen molar-refractivity contribution in [1.82, 2.24) is 0 Å². The highest BCUT2D eigenvalue weighted by Crippen LogP contribution is 2.40. The molecule has 1 saturated heterocycles. The van der Waals surface area contributed by atoms with E-state index in [1.807, 2.05) is 0 Å². The van der Waals surface area contributed by atoms with Crippen molar-refractivity contribution in [2.45, 2.75) is 24.2 Å². The van der Waals surface area contributed by atoms with Gasteiger partial charge in [0, 0.05) is 6.42 Å². The Labute approximate surface area is 102 Å². The number of ether oxygens (including phenoxy) is 1. The minimum absolute atomic E-state index is 0.0533. The summed E-state index contributed by atoms with van der Waals surface area (Å²) < 4.78 is 17.8. The van der Waals surface area contributed by atoms with E-state index in [4.69, 9.17) is 4.74 Å². The number of benzene rings is 1. The van der Waals surface area contributed by atoms with Crippen LogP contribution in [0.25, 0.3) is 5.57 Å². The van der Waals surface area contributed by atoms with E-state index in [-0.39, 0.29) is 6.42 Å². The van der Waals surface area contributed by atoms with Gasteiger partial charge in [0.25, 0.3) is 0 Å². The fourth-order valence-corrected chi connectivity index (χ4v) is 2.40. The molecule has 94 valence electrons. The summed E-state index contributed by atoms with van der Waals surface area (Å²) in [5.74, 6) is -1.14. The van der Waals surface area contributed by atoms with Crippen molar-refractivity contribution in [2.24, 2.45) is 0 Å². The van der Waals surface area contributed by atoms with Crippen LogP contribution in [0.15, 0.2) is 30.3 Å². The van der Waals surface area contributed by atoms with Gasteiger partial charge in [-0.2, -0.15) is 0 Å². The van der Waals surface area contributed by atoms with Crippen LogP contribution >= 0.6 is 0 Å². The van der Waals surface area contributed by atoms with Crippen LogP contribution in [0.2, 0.25) is 0 Å². The lowest BCUT2D eigenvalue weighted by Gasteiger charge is -2.26. The van der Waals surface area contributed by atoms with Crippen LogP contribution in [0.4, 0.5) is 4.39 Å². The first-order valence-electron chi connectivity index (χ1n) is 5.60. The van der Waals surface area contributed by atoms with Crippen LogP contribution in [-0.4, -0.2) is 34.0 Å². The van der Waals surface area contributed by atoms with Gasteiger partial charge in [0.2, 0.25) is 0 Å². The third kappa shape index (κ3) is 1.55. The maximum Gasteiger partial charge on any atom is 0.342 e. The van der Waals surface area contributed by atoms with Crippen molar-refractivity contribution in [3.8, 4) is 0 Å². The predicted octanol–water partition coefficient (Wildman–Crippen LogP) is 0.630. The molecule has 1 aliphatic heterocycles. The number of aliphatic hydroxyl groups excluding tert-OH is 1. The van der Waals surface area contributed by atoms with Gasteiger partial charge in [-0.15, -0.1) is 0 Å². The molecule has 0 spiro atoms. The lowest BCUT2D eigenvalue weighted by Crippen LogP contribution is -2.37. The minimum atomic E-state index is -1.67. The monoisotopic (exact) mass is 250 g/mol. The summed E-state index contributed by atoms with van der Waals surface area (Å²) in [6, 6.07) is 5.49. The largest absolute Gasteiger partial charge is 0.457 e. The van der Waals surface area contributed by atoms with Crippen molar-refractivity contribution in [3.05, 3.63) is 41.7 Å². The maximum absolute atomic E-state index is 12.8. The van der Waals surface area contributed by atoms with Crippen LogP contribution in [0, 0.1) is 5.82 Å². The van der Waals surface area contributed by atoms with Crippen LogP contribution < -0.4 is 0 Å². The van der Waals surface area contributed by atoms with Gasteiger partial charge in [-0.3, -0.25) is 0 Å². The van der Waals surface area contributed by atoms with Crippen LogP contribution in [-0.2, 0) is 9.53 Å². The van der Waals surface area contributed by atoms with Crippen molar-refractivity contribution >= 4 is 11.5 Å². The summed E-state index contributed by atoms with van der Waals surface area (Å²) >= 11 is 0. The molecule has 2 aliphatic rings. The van der Waals surface area contributed by atoms with Crippen molar-refractivity contribution in [2.75, 3.05) is 0 Å². The fraction of sp³-hybridized carbons (Fsp3) is 0.308. The van der Waals surface area contributed by atoms with Gasteiger partial charge in [-0.1, -0.05) is 12.1 Å². The molecule has 18 heavy (non-hydrogen) atoms. The molecular formula is C13H11FO4. The van der Waals surface area contributed by atoms with E-state index in [9.17, 15) is 19.4 Å². The standard InChI is InChI=1S/C13H11FO4/c14-8-3-1-7(2-4-8)9-5-13(17)6-10(11(9)15)18-12(13)16/h1-5,10-11,15,17H,6H2/t10-,11-,13+/m1/s1. The van der Waals surface area contributed by atoms with E-state index in [1.54, 1.807) is 0 Å². The number of carbonyl (C=O) groups is 1. The Hall–Kier alpha value is -1.72. The molecule has 1 fully saturated rings. The molecule has 1 aromatic rings. The van der Waals surface area contributed by atoms with Gasteiger partial charge in [0.15, 0.2) is 5.60 Å². The lowest BCUT2D eigenvalue weighted by molar-refractivity contribution is -0.152. The molecule has 2 N–H and O–H groups in total. The number of hydrogen-bond acceptors (Lipinski definition) is 4. The quantitative estimate of drug-likeness (QED) is 0.717. The van der Waals surface area contributed by atoms with Crippen molar-refractivity contribution < 1.29 is 24.1 Å². The molecule has 0 aromatic heterocycles. The number of fused-ring (bicyclic) bond motifs is 2. The van der Waals surface area contributed by atoms with E-state index in [1.165, 1.54) is 30.3 Å². The third-order valence-electron chi connectivity index (χ3n) is 3.37. The summed E-state index contributed by atoms with van der Waals surface area (Å²) in [6.07, 6.45) is -0.385. The van der Waals surface area contributed by atoms with E-state index < -0.39 is 29.6 Å². The number of carbonyl (C=O) groups excluding carboxylic acids is 1. The maximum atomic E-state index is 12.8. The smallest absolute Gasteiger partial charge is 0.342 e. The highest BCUT2D eigenvalue weighted by molar-refractivity contribution is 5.90. The average molecular weight is 250 g/mol. The number of esters is 1. The normalized spacial score (nSPS) is 34.2. The molecule has 2 bridgehead atoms. The molecule has 0 unspecified atom stereocenters. The molecule has 0 amide bonds. The predicted molar refractivity (Wildman–Crippen MR) is 59.8 cm³/mol. The van der Waals surface area contributed by atoms with E-state index in [2.05, 4.69) is 0 Å². The third-order valence-corrected chi connectivity index (χ3v) is 3.37. The number of halogens is 1. The Balaban J connectivity index is 2.06. The van der Waals surface area contributed by atoms with Gasteiger partial charge >= 0.3 is 5.97 Å². The van der Waals surface area contributed by atoms with E-state index in [0.717, 1.165) is 0 Å². The Bertz CT molecular complexity index is 536. The van der Waals surface area contributed by atoms with Crippen molar-refractivity contribution in [3.63, 3.8) is 0 Å². The highest BCUT2D eigenvalue weighted by Gasteiger charge is 2.53. The zero-order chi connectivity index (χ0) is 12.9. The Morgan fingerprint density at radius 1 is 1.33 bits per heavy atom. The second-order valence-electron chi connectivity index (χ2n) is 4.62. The second-order valence-corrected chi connectivity index (χ2v) is 4.62. The topological polar surface area (TPSA) is 66.8 Å². The van der Waals surface area contributed by atoms with Gasteiger partial charge in [0.05, 0.1) is 0 Å². The van der Waals surface area contributed by atoms with Crippen LogP contribution in [0.5, 0.6) is 0 Å². The Morgan fingerprint density at radius 2 is 2.00 bits per heavy atom. The number of rotatable bonds is 1. The Morgan fingerprint density at radius 3 is 2.67 bits per heavy atom. The SMILES string of the molecule is O=C1O[C@@H]2C[C@@]1(O)C=C(c1ccc(F)cc1)[C@H]2O. The molecule has 3 atom stereocenters. The molecule has 4 nitrogen and oxygen atoms in total. The zero-order valence-electron chi connectivity index (χ0n) is 9.34. The molecule has 1 aromatic carbocycles. The summed E-state index contributed by atoms with van der Waals surface area (Å²) in [7, 11) is 0. The van der Waals surface area contributed by atoms with Gasteiger partial charge in [-0.25, -0.2) is 9.18 Å². The van der Waals surface area contributed by atoms with Gasteiger partial charge in [-0.05, 0) is 29.3 Å². The second kappa shape index (κ2) is 3.63. The zero-order valence-corrected chi connectivity index (χ0v) is 9.34. The molecule has 0 saturated carbocycles. The molecule has 1 heterocycles. The molecule has 0 radical (unpaired) electrons. The highest BCUT2D eigenvalue weighted by atomic mass is 19.1. The van der Waals surface area contributed by atoms with Crippen LogP contribution in [0.3, 0.4) is 0 Å². The lowest BCUT2D eigenvalue weighted by atomic mass is 9.83. The summed E-state index contributed by atoms with van der Waals surface area (Å²) in [4.78, 5) is 11.5. The number of hydrogen-bond donors (Lipinski definition) is 2. The summed E-state index contributed by atoms with van der Waals surface area (Å²) in [6.45, 7) is 0.